The van der Waals surface area contributed by atoms with Crippen LogP contribution in [-0.2, 0) is 0 Å². The number of rotatable bonds is 5. The molecule has 0 N–H and O–H groups in total. The molecule has 1 aromatic heterocycles. The van der Waals surface area contributed by atoms with Gasteiger partial charge in [-0.05, 0) is 30.6 Å². The first kappa shape index (κ1) is 10.7. The molecule has 0 fully saturated rings. The number of ether oxygens (including phenoxy) is 1. The zero-order valence-electron chi connectivity index (χ0n) is 7.50. The van der Waals surface area contributed by atoms with Crippen molar-refractivity contribution in [1.29, 1.82) is 0 Å². The number of thioether (sulfide) groups is 1. The molecule has 0 aliphatic rings. The lowest BCUT2D eigenvalue weighted by Gasteiger charge is -2.05. The fourth-order valence-corrected chi connectivity index (χ4v) is 1.44. The summed E-state index contributed by atoms with van der Waals surface area (Å²) in [5.41, 5.74) is 0. The SMILES string of the molecule is CSCCCOc1cccnc1Cl. The van der Waals surface area contributed by atoms with Crippen molar-refractivity contribution in [2.45, 2.75) is 6.42 Å². The van der Waals surface area contributed by atoms with E-state index in [0.717, 1.165) is 12.2 Å². The number of pyridine rings is 1. The summed E-state index contributed by atoms with van der Waals surface area (Å²) in [6, 6.07) is 3.64. The zero-order valence-corrected chi connectivity index (χ0v) is 9.07. The van der Waals surface area contributed by atoms with Gasteiger partial charge in [0.15, 0.2) is 10.9 Å². The highest BCUT2D eigenvalue weighted by molar-refractivity contribution is 7.98. The molecule has 0 saturated carbocycles. The van der Waals surface area contributed by atoms with Gasteiger partial charge in [0, 0.05) is 6.20 Å². The molecule has 1 aromatic rings. The van der Waals surface area contributed by atoms with Crippen molar-refractivity contribution in [2.24, 2.45) is 0 Å². The van der Waals surface area contributed by atoms with Crippen LogP contribution in [0.15, 0.2) is 18.3 Å². The first-order chi connectivity index (χ1) is 6.34. The molecule has 0 radical (unpaired) electrons. The van der Waals surface area contributed by atoms with E-state index in [1.807, 2.05) is 23.9 Å². The van der Waals surface area contributed by atoms with Crippen LogP contribution in [0, 0.1) is 0 Å². The molecular formula is C9H12ClNOS. The van der Waals surface area contributed by atoms with E-state index in [1.54, 1.807) is 6.20 Å². The normalized spacial score (nSPS) is 10.0. The van der Waals surface area contributed by atoms with Crippen molar-refractivity contribution in [3.63, 3.8) is 0 Å². The molecule has 0 saturated heterocycles. The maximum atomic E-state index is 5.80. The number of nitrogens with zero attached hydrogens (tertiary/aromatic N) is 1. The Morgan fingerprint density at radius 3 is 3.15 bits per heavy atom. The van der Waals surface area contributed by atoms with Crippen molar-refractivity contribution in [1.82, 2.24) is 4.98 Å². The molecule has 0 atom stereocenters. The maximum absolute atomic E-state index is 5.80. The number of aromatic nitrogens is 1. The Labute approximate surface area is 87.7 Å². The van der Waals surface area contributed by atoms with Gasteiger partial charge in [0.25, 0.3) is 0 Å². The highest BCUT2D eigenvalue weighted by Crippen LogP contribution is 2.20. The molecule has 0 spiro atoms. The molecule has 0 unspecified atom stereocenters. The van der Waals surface area contributed by atoms with Gasteiger partial charge in [-0.3, -0.25) is 0 Å². The van der Waals surface area contributed by atoms with Crippen LogP contribution in [0.4, 0.5) is 0 Å². The first-order valence-corrected chi connectivity index (χ1v) is 5.84. The van der Waals surface area contributed by atoms with Gasteiger partial charge in [-0.15, -0.1) is 0 Å². The van der Waals surface area contributed by atoms with Crippen molar-refractivity contribution < 1.29 is 4.74 Å². The number of hydrogen-bond acceptors (Lipinski definition) is 3. The Morgan fingerprint density at radius 1 is 1.62 bits per heavy atom. The van der Waals surface area contributed by atoms with Crippen molar-refractivity contribution >= 4 is 23.4 Å². The van der Waals surface area contributed by atoms with Crippen molar-refractivity contribution in [3.8, 4) is 5.75 Å². The molecule has 0 amide bonds. The molecule has 0 aromatic carbocycles. The summed E-state index contributed by atoms with van der Waals surface area (Å²) in [4.78, 5) is 3.91. The highest BCUT2D eigenvalue weighted by Gasteiger charge is 1.99. The van der Waals surface area contributed by atoms with Crippen LogP contribution < -0.4 is 4.74 Å². The van der Waals surface area contributed by atoms with Crippen LogP contribution in [0.2, 0.25) is 5.15 Å². The molecule has 0 aliphatic carbocycles. The Hall–Kier alpha value is -0.410. The third kappa shape index (κ3) is 3.87. The molecule has 0 aliphatic heterocycles. The molecule has 13 heavy (non-hydrogen) atoms. The van der Waals surface area contributed by atoms with Gasteiger partial charge in [0.05, 0.1) is 6.61 Å². The van der Waals surface area contributed by atoms with Crippen molar-refractivity contribution in [3.05, 3.63) is 23.5 Å². The van der Waals surface area contributed by atoms with E-state index in [4.69, 9.17) is 16.3 Å². The van der Waals surface area contributed by atoms with E-state index >= 15 is 0 Å². The van der Waals surface area contributed by atoms with Crippen LogP contribution in [0.5, 0.6) is 5.75 Å². The smallest absolute Gasteiger partial charge is 0.171 e. The summed E-state index contributed by atoms with van der Waals surface area (Å²) < 4.78 is 5.43. The van der Waals surface area contributed by atoms with E-state index < -0.39 is 0 Å². The number of halogens is 1. The zero-order chi connectivity index (χ0) is 9.52. The van der Waals surface area contributed by atoms with Crippen LogP contribution in [0.25, 0.3) is 0 Å². The highest BCUT2D eigenvalue weighted by atomic mass is 35.5. The van der Waals surface area contributed by atoms with Crippen molar-refractivity contribution in [2.75, 3.05) is 18.6 Å². The van der Waals surface area contributed by atoms with Gasteiger partial charge in [0.2, 0.25) is 0 Å². The average molecular weight is 218 g/mol. The van der Waals surface area contributed by atoms with Gasteiger partial charge in [-0.1, -0.05) is 11.6 Å². The summed E-state index contributed by atoms with van der Waals surface area (Å²) in [6.07, 6.45) is 4.76. The predicted molar refractivity (Wildman–Crippen MR) is 57.7 cm³/mol. The second kappa shape index (κ2) is 6.11. The second-order valence-electron chi connectivity index (χ2n) is 2.49. The maximum Gasteiger partial charge on any atom is 0.171 e. The third-order valence-electron chi connectivity index (χ3n) is 1.48. The summed E-state index contributed by atoms with van der Waals surface area (Å²) in [7, 11) is 0. The molecule has 72 valence electrons. The number of hydrogen-bond donors (Lipinski definition) is 0. The minimum atomic E-state index is 0.437. The monoisotopic (exact) mass is 217 g/mol. The predicted octanol–water partition coefficient (Wildman–Crippen LogP) is 2.87. The van der Waals surface area contributed by atoms with Gasteiger partial charge in [-0.2, -0.15) is 11.8 Å². The molecule has 4 heteroatoms. The summed E-state index contributed by atoms with van der Waals surface area (Å²) in [5, 5.41) is 0.437. The van der Waals surface area contributed by atoms with Gasteiger partial charge < -0.3 is 4.74 Å². The fourth-order valence-electron chi connectivity index (χ4n) is 0.864. The third-order valence-corrected chi connectivity index (χ3v) is 2.46. The minimum absolute atomic E-state index is 0.437. The molecule has 1 heterocycles. The molecule has 1 rings (SSSR count). The van der Waals surface area contributed by atoms with Gasteiger partial charge in [-0.25, -0.2) is 4.98 Å². The summed E-state index contributed by atoms with van der Waals surface area (Å²) in [5.74, 6) is 1.78. The van der Waals surface area contributed by atoms with Crippen LogP contribution in [0.1, 0.15) is 6.42 Å². The summed E-state index contributed by atoms with van der Waals surface area (Å²) in [6.45, 7) is 0.701. The average Bonchev–Trinajstić information content (AvgIpc) is 2.15. The van der Waals surface area contributed by atoms with Crippen LogP contribution >= 0.6 is 23.4 Å². The molecule has 0 bridgehead atoms. The lowest BCUT2D eigenvalue weighted by molar-refractivity contribution is 0.317. The quantitative estimate of drug-likeness (QED) is 0.560. The van der Waals surface area contributed by atoms with Gasteiger partial charge >= 0.3 is 0 Å². The van der Waals surface area contributed by atoms with Crippen LogP contribution in [-0.4, -0.2) is 23.6 Å². The lowest BCUT2D eigenvalue weighted by atomic mass is 10.4. The largest absolute Gasteiger partial charge is 0.490 e. The first-order valence-electron chi connectivity index (χ1n) is 4.07. The standard InChI is InChI=1S/C9H12ClNOS/c1-13-7-3-6-12-8-4-2-5-11-9(8)10/h2,4-5H,3,6-7H2,1H3. The van der Waals surface area contributed by atoms with E-state index in [1.165, 1.54) is 0 Å². The van der Waals surface area contributed by atoms with E-state index in [-0.39, 0.29) is 0 Å². The Balaban J connectivity index is 2.32. The second-order valence-corrected chi connectivity index (χ2v) is 3.83. The lowest BCUT2D eigenvalue weighted by Crippen LogP contribution is -1.99. The van der Waals surface area contributed by atoms with E-state index in [2.05, 4.69) is 11.2 Å². The molecule has 2 nitrogen and oxygen atoms in total. The molecular weight excluding hydrogens is 206 g/mol. The van der Waals surface area contributed by atoms with Gasteiger partial charge in [0.1, 0.15) is 0 Å². The topological polar surface area (TPSA) is 22.1 Å². The minimum Gasteiger partial charge on any atom is -0.490 e. The Bertz CT molecular complexity index is 257. The van der Waals surface area contributed by atoms with E-state index in [9.17, 15) is 0 Å². The Kier molecular flexibility index (Phi) is 5.01. The fraction of sp³-hybridized carbons (Fsp3) is 0.444. The van der Waals surface area contributed by atoms with Crippen LogP contribution in [0.3, 0.4) is 0 Å². The van der Waals surface area contributed by atoms with E-state index in [0.29, 0.717) is 17.5 Å². The Morgan fingerprint density at radius 2 is 2.46 bits per heavy atom. The summed E-state index contributed by atoms with van der Waals surface area (Å²) >= 11 is 7.61.